The largest absolute Gasteiger partial charge is 0.507 e. The van der Waals surface area contributed by atoms with Crippen LogP contribution in [0.2, 0.25) is 0 Å². The summed E-state index contributed by atoms with van der Waals surface area (Å²) in [5.41, 5.74) is 7.22. The highest BCUT2D eigenvalue weighted by atomic mass is 16.3. The van der Waals surface area contributed by atoms with Crippen LogP contribution in [0.3, 0.4) is 0 Å². The van der Waals surface area contributed by atoms with Gasteiger partial charge in [-0.15, -0.1) is 0 Å². The van der Waals surface area contributed by atoms with Crippen molar-refractivity contribution in [3.63, 3.8) is 0 Å². The number of aromatic hydroxyl groups is 1. The van der Waals surface area contributed by atoms with Crippen LogP contribution in [0.1, 0.15) is 31.0 Å². The number of benzene rings is 1. The third kappa shape index (κ3) is 2.05. The van der Waals surface area contributed by atoms with Crippen LogP contribution in [0.25, 0.3) is 0 Å². The molecule has 0 aliphatic carbocycles. The molecular formula is C11H17NO2. The van der Waals surface area contributed by atoms with E-state index >= 15 is 0 Å². The summed E-state index contributed by atoms with van der Waals surface area (Å²) in [6, 6.07) is 4.91. The van der Waals surface area contributed by atoms with E-state index in [2.05, 4.69) is 0 Å². The van der Waals surface area contributed by atoms with Gasteiger partial charge >= 0.3 is 0 Å². The number of aryl methyl sites for hydroxylation is 1. The summed E-state index contributed by atoms with van der Waals surface area (Å²) in [7, 11) is 0. The van der Waals surface area contributed by atoms with Crippen molar-refractivity contribution in [2.75, 3.05) is 0 Å². The monoisotopic (exact) mass is 195 g/mol. The van der Waals surface area contributed by atoms with Gasteiger partial charge in [-0.2, -0.15) is 0 Å². The number of aliphatic hydroxyl groups is 1. The first-order valence-corrected chi connectivity index (χ1v) is 4.82. The van der Waals surface area contributed by atoms with Crippen LogP contribution >= 0.6 is 0 Å². The van der Waals surface area contributed by atoms with Gasteiger partial charge in [0.25, 0.3) is 0 Å². The highest BCUT2D eigenvalue weighted by Crippen LogP contribution is 2.28. The van der Waals surface area contributed by atoms with Gasteiger partial charge in [-0.1, -0.05) is 25.1 Å². The molecule has 0 amide bonds. The van der Waals surface area contributed by atoms with Crippen LogP contribution in [0.5, 0.6) is 5.75 Å². The Morgan fingerprint density at radius 1 is 1.43 bits per heavy atom. The molecule has 0 aliphatic rings. The number of nitrogens with two attached hydrogens (primary N) is 1. The lowest BCUT2D eigenvalue weighted by molar-refractivity contribution is 0.162. The molecule has 0 spiro atoms. The zero-order valence-electron chi connectivity index (χ0n) is 8.57. The lowest BCUT2D eigenvalue weighted by atomic mass is 9.98. The molecule has 0 radical (unpaired) electrons. The van der Waals surface area contributed by atoms with Gasteiger partial charge in [0.05, 0.1) is 12.1 Å². The van der Waals surface area contributed by atoms with Crippen molar-refractivity contribution >= 4 is 0 Å². The van der Waals surface area contributed by atoms with E-state index in [-0.39, 0.29) is 5.75 Å². The van der Waals surface area contributed by atoms with Crippen molar-refractivity contribution in [1.82, 2.24) is 0 Å². The fourth-order valence-electron chi connectivity index (χ4n) is 1.43. The number of phenolic OH excluding ortho intramolecular Hbond substituents is 1. The smallest absolute Gasteiger partial charge is 0.123 e. The molecule has 0 fully saturated rings. The summed E-state index contributed by atoms with van der Waals surface area (Å²) in [6.07, 6.45) is 0.0969. The van der Waals surface area contributed by atoms with E-state index in [0.29, 0.717) is 5.56 Å². The summed E-state index contributed by atoms with van der Waals surface area (Å²) >= 11 is 0. The zero-order chi connectivity index (χ0) is 10.7. The Labute approximate surface area is 84.2 Å². The number of hydrogen-bond acceptors (Lipinski definition) is 3. The molecule has 3 heteroatoms. The summed E-state index contributed by atoms with van der Waals surface area (Å²) in [5, 5.41) is 19.1. The second-order valence-corrected chi connectivity index (χ2v) is 3.47. The predicted octanol–water partition coefficient (Wildman–Crippen LogP) is 1.34. The van der Waals surface area contributed by atoms with Crippen molar-refractivity contribution in [2.45, 2.75) is 32.4 Å². The van der Waals surface area contributed by atoms with E-state index in [9.17, 15) is 10.2 Å². The maximum atomic E-state index is 9.82. The molecule has 0 bridgehead atoms. The van der Waals surface area contributed by atoms with Crippen molar-refractivity contribution in [2.24, 2.45) is 5.73 Å². The average Bonchev–Trinajstić information content (AvgIpc) is 2.17. The number of phenols is 1. The number of rotatable bonds is 3. The molecule has 2 atom stereocenters. The van der Waals surface area contributed by atoms with Crippen LogP contribution < -0.4 is 5.73 Å². The standard InChI is InChI=1S/C11H17NO2/c1-3-8-5-4-6-9(11(8)14)10(12)7(2)13/h4-7,10,13-14H,3,12H2,1-2H3/t7-,10+/m0/s1. The molecule has 0 aliphatic heterocycles. The van der Waals surface area contributed by atoms with E-state index in [4.69, 9.17) is 5.73 Å². The molecular weight excluding hydrogens is 178 g/mol. The highest BCUT2D eigenvalue weighted by molar-refractivity contribution is 5.42. The molecule has 1 aromatic rings. The summed E-state index contributed by atoms with van der Waals surface area (Å²) in [5.74, 6) is 0.211. The Bertz CT molecular complexity index is 310. The Morgan fingerprint density at radius 3 is 2.57 bits per heavy atom. The molecule has 0 heterocycles. The van der Waals surface area contributed by atoms with E-state index in [1.54, 1.807) is 13.0 Å². The molecule has 3 nitrogen and oxygen atoms in total. The predicted molar refractivity (Wildman–Crippen MR) is 56.1 cm³/mol. The molecule has 0 unspecified atom stereocenters. The Balaban J connectivity index is 3.09. The Morgan fingerprint density at radius 2 is 2.07 bits per heavy atom. The molecule has 0 saturated heterocycles. The van der Waals surface area contributed by atoms with Crippen LogP contribution in [0.15, 0.2) is 18.2 Å². The van der Waals surface area contributed by atoms with E-state index < -0.39 is 12.1 Å². The average molecular weight is 195 g/mol. The Kier molecular flexibility index (Phi) is 3.49. The van der Waals surface area contributed by atoms with Crippen molar-refractivity contribution in [3.8, 4) is 5.75 Å². The first-order valence-electron chi connectivity index (χ1n) is 4.82. The normalized spacial score (nSPS) is 15.1. The first-order chi connectivity index (χ1) is 6.57. The summed E-state index contributed by atoms with van der Waals surface area (Å²) in [4.78, 5) is 0. The van der Waals surface area contributed by atoms with E-state index in [1.165, 1.54) is 0 Å². The fourth-order valence-corrected chi connectivity index (χ4v) is 1.43. The van der Waals surface area contributed by atoms with Gasteiger partial charge in [0, 0.05) is 5.56 Å². The van der Waals surface area contributed by atoms with Gasteiger partial charge in [0.2, 0.25) is 0 Å². The molecule has 78 valence electrons. The van der Waals surface area contributed by atoms with Crippen molar-refractivity contribution < 1.29 is 10.2 Å². The van der Waals surface area contributed by atoms with Crippen molar-refractivity contribution in [3.05, 3.63) is 29.3 Å². The minimum Gasteiger partial charge on any atom is -0.507 e. The van der Waals surface area contributed by atoms with Gasteiger partial charge in [-0.25, -0.2) is 0 Å². The third-order valence-electron chi connectivity index (χ3n) is 2.41. The summed E-state index contributed by atoms with van der Waals surface area (Å²) in [6.45, 7) is 3.58. The van der Waals surface area contributed by atoms with Gasteiger partial charge in [0.15, 0.2) is 0 Å². The maximum absolute atomic E-state index is 9.82. The van der Waals surface area contributed by atoms with E-state index in [1.807, 2.05) is 19.1 Å². The topological polar surface area (TPSA) is 66.5 Å². The minimum atomic E-state index is -0.659. The number of hydrogen-bond donors (Lipinski definition) is 3. The second-order valence-electron chi connectivity index (χ2n) is 3.47. The van der Waals surface area contributed by atoms with Gasteiger partial charge < -0.3 is 15.9 Å². The van der Waals surface area contributed by atoms with Gasteiger partial charge in [0.1, 0.15) is 5.75 Å². The lowest BCUT2D eigenvalue weighted by Gasteiger charge is -2.17. The van der Waals surface area contributed by atoms with E-state index in [0.717, 1.165) is 12.0 Å². The molecule has 1 rings (SSSR count). The number of para-hydroxylation sites is 1. The summed E-state index contributed by atoms with van der Waals surface area (Å²) < 4.78 is 0. The lowest BCUT2D eigenvalue weighted by Crippen LogP contribution is -2.23. The Hall–Kier alpha value is -1.06. The van der Waals surface area contributed by atoms with Crippen LogP contribution in [0.4, 0.5) is 0 Å². The maximum Gasteiger partial charge on any atom is 0.123 e. The molecule has 4 N–H and O–H groups in total. The van der Waals surface area contributed by atoms with Crippen molar-refractivity contribution in [1.29, 1.82) is 0 Å². The highest BCUT2D eigenvalue weighted by Gasteiger charge is 2.16. The molecule has 0 aromatic heterocycles. The third-order valence-corrected chi connectivity index (χ3v) is 2.41. The number of aliphatic hydroxyl groups excluding tert-OH is 1. The van der Waals surface area contributed by atoms with Gasteiger partial charge in [-0.05, 0) is 18.9 Å². The fraction of sp³-hybridized carbons (Fsp3) is 0.455. The molecule has 0 saturated carbocycles. The van der Waals surface area contributed by atoms with Crippen LogP contribution in [-0.4, -0.2) is 16.3 Å². The SMILES string of the molecule is CCc1cccc([C@H](N)[C@H](C)O)c1O. The first kappa shape index (κ1) is 11.0. The molecule has 1 aromatic carbocycles. The second kappa shape index (κ2) is 4.44. The van der Waals surface area contributed by atoms with Crippen LogP contribution in [-0.2, 0) is 6.42 Å². The zero-order valence-corrected chi connectivity index (χ0v) is 8.57. The van der Waals surface area contributed by atoms with Gasteiger partial charge in [-0.3, -0.25) is 0 Å². The quantitative estimate of drug-likeness (QED) is 0.681. The molecule has 14 heavy (non-hydrogen) atoms. The minimum absolute atomic E-state index is 0.211. The van der Waals surface area contributed by atoms with Crippen LogP contribution in [0, 0.1) is 0 Å².